The van der Waals surface area contributed by atoms with Crippen molar-refractivity contribution in [2.75, 3.05) is 6.61 Å². The fourth-order valence-corrected chi connectivity index (χ4v) is 2.27. The Labute approximate surface area is 125 Å². The monoisotopic (exact) mass is 304 g/mol. The number of nitrogens with zero attached hydrogens (tertiary/aromatic N) is 1. The van der Waals surface area contributed by atoms with Gasteiger partial charge in [-0.05, 0) is 25.1 Å². The van der Waals surface area contributed by atoms with Gasteiger partial charge in [0, 0.05) is 10.9 Å². The molecule has 0 saturated heterocycles. The Kier molecular flexibility index (Phi) is 5.04. The van der Waals surface area contributed by atoms with Gasteiger partial charge in [0.15, 0.2) is 0 Å². The van der Waals surface area contributed by atoms with E-state index in [4.69, 9.17) is 5.11 Å². The van der Waals surface area contributed by atoms with E-state index in [9.17, 15) is 9.18 Å². The first-order chi connectivity index (χ1) is 10.1. The first-order valence-corrected chi connectivity index (χ1v) is 7.06. The van der Waals surface area contributed by atoms with Gasteiger partial charge in [-0.3, -0.25) is 4.79 Å². The van der Waals surface area contributed by atoms with Gasteiger partial charge in [0.2, 0.25) is 0 Å². The van der Waals surface area contributed by atoms with Crippen molar-refractivity contribution in [3.8, 4) is 11.8 Å². The van der Waals surface area contributed by atoms with E-state index in [0.717, 1.165) is 16.8 Å². The molecule has 0 fully saturated rings. The third-order valence-corrected chi connectivity index (χ3v) is 3.45. The van der Waals surface area contributed by atoms with E-state index in [1.807, 2.05) is 12.3 Å². The molecule has 0 spiro atoms. The average Bonchev–Trinajstić information content (AvgIpc) is 2.89. The standard InChI is InChI=1S/C15H13FN2O2S/c1-10-18-13(9-21-10)8-17-15(20)12-5-4-11(3-2-6-19)14(16)7-12/h4-5,7,9,19H,6,8H2,1H3,(H,17,20). The number of carbonyl (C=O) groups excluding carboxylic acids is 1. The molecule has 1 aromatic heterocycles. The van der Waals surface area contributed by atoms with E-state index >= 15 is 0 Å². The fraction of sp³-hybridized carbons (Fsp3) is 0.200. The maximum Gasteiger partial charge on any atom is 0.251 e. The van der Waals surface area contributed by atoms with Gasteiger partial charge in [-0.1, -0.05) is 11.8 Å². The number of aliphatic hydroxyl groups excluding tert-OH is 1. The largest absolute Gasteiger partial charge is 0.384 e. The third-order valence-electron chi connectivity index (χ3n) is 2.63. The van der Waals surface area contributed by atoms with E-state index in [2.05, 4.69) is 22.1 Å². The molecule has 0 atom stereocenters. The summed E-state index contributed by atoms with van der Waals surface area (Å²) in [4.78, 5) is 16.2. The average molecular weight is 304 g/mol. The first-order valence-electron chi connectivity index (χ1n) is 6.18. The lowest BCUT2D eigenvalue weighted by atomic mass is 10.1. The molecule has 4 nitrogen and oxygen atoms in total. The van der Waals surface area contributed by atoms with Crippen molar-refractivity contribution >= 4 is 17.2 Å². The minimum atomic E-state index is -0.590. The summed E-state index contributed by atoms with van der Waals surface area (Å²) in [5.41, 5.74) is 1.14. The Hall–Kier alpha value is -2.23. The molecule has 0 aliphatic rings. The number of benzene rings is 1. The van der Waals surface area contributed by atoms with Crippen LogP contribution in [0.2, 0.25) is 0 Å². The predicted octanol–water partition coefficient (Wildman–Crippen LogP) is 1.86. The molecular formula is C15H13FN2O2S. The van der Waals surface area contributed by atoms with E-state index in [0.29, 0.717) is 6.54 Å². The number of nitrogens with one attached hydrogen (secondary N) is 1. The molecule has 0 radical (unpaired) electrons. The minimum absolute atomic E-state index is 0.149. The molecule has 0 bridgehead atoms. The lowest BCUT2D eigenvalue weighted by molar-refractivity contribution is 0.0950. The van der Waals surface area contributed by atoms with Crippen LogP contribution in [-0.2, 0) is 6.54 Å². The van der Waals surface area contributed by atoms with Crippen molar-refractivity contribution in [1.82, 2.24) is 10.3 Å². The smallest absolute Gasteiger partial charge is 0.251 e. The molecule has 1 heterocycles. The van der Waals surface area contributed by atoms with Crippen LogP contribution in [0.15, 0.2) is 23.6 Å². The zero-order chi connectivity index (χ0) is 15.2. The van der Waals surface area contributed by atoms with Crippen LogP contribution in [0.5, 0.6) is 0 Å². The molecule has 2 aromatic rings. The highest BCUT2D eigenvalue weighted by molar-refractivity contribution is 7.09. The van der Waals surface area contributed by atoms with Crippen molar-refractivity contribution in [3.05, 3.63) is 51.2 Å². The second-order valence-electron chi connectivity index (χ2n) is 4.20. The Bertz CT molecular complexity index is 716. The number of aryl methyl sites for hydroxylation is 1. The Morgan fingerprint density at radius 2 is 2.33 bits per heavy atom. The van der Waals surface area contributed by atoms with Gasteiger partial charge in [0.25, 0.3) is 5.91 Å². The van der Waals surface area contributed by atoms with Crippen molar-refractivity contribution < 1.29 is 14.3 Å². The number of amides is 1. The van der Waals surface area contributed by atoms with Gasteiger partial charge in [0.1, 0.15) is 12.4 Å². The van der Waals surface area contributed by atoms with Crippen LogP contribution < -0.4 is 5.32 Å². The third kappa shape index (κ3) is 4.12. The van der Waals surface area contributed by atoms with E-state index in [1.54, 1.807) is 0 Å². The molecule has 0 saturated carbocycles. The zero-order valence-electron chi connectivity index (χ0n) is 11.3. The molecule has 1 amide bonds. The van der Waals surface area contributed by atoms with Gasteiger partial charge >= 0.3 is 0 Å². The van der Waals surface area contributed by atoms with Gasteiger partial charge < -0.3 is 10.4 Å². The topological polar surface area (TPSA) is 62.2 Å². The van der Waals surface area contributed by atoms with Crippen molar-refractivity contribution in [1.29, 1.82) is 0 Å². The summed E-state index contributed by atoms with van der Waals surface area (Å²) in [6.45, 7) is 1.85. The summed E-state index contributed by atoms with van der Waals surface area (Å²) >= 11 is 1.51. The molecule has 6 heteroatoms. The molecule has 108 valence electrons. The molecule has 2 N–H and O–H groups in total. The molecule has 0 aliphatic heterocycles. The van der Waals surface area contributed by atoms with Crippen molar-refractivity contribution in [2.45, 2.75) is 13.5 Å². The van der Waals surface area contributed by atoms with Crippen LogP contribution >= 0.6 is 11.3 Å². The predicted molar refractivity (Wildman–Crippen MR) is 78.4 cm³/mol. The van der Waals surface area contributed by atoms with Gasteiger partial charge in [-0.25, -0.2) is 9.37 Å². The van der Waals surface area contributed by atoms with E-state index < -0.39 is 5.82 Å². The number of hydrogen-bond donors (Lipinski definition) is 2. The Morgan fingerprint density at radius 1 is 1.52 bits per heavy atom. The molecular weight excluding hydrogens is 291 g/mol. The highest BCUT2D eigenvalue weighted by Crippen LogP contribution is 2.11. The molecule has 0 unspecified atom stereocenters. The van der Waals surface area contributed by atoms with Crippen LogP contribution in [-0.4, -0.2) is 22.6 Å². The number of aliphatic hydroxyl groups is 1. The van der Waals surface area contributed by atoms with Crippen LogP contribution in [0, 0.1) is 24.6 Å². The highest BCUT2D eigenvalue weighted by Gasteiger charge is 2.09. The minimum Gasteiger partial charge on any atom is -0.384 e. The summed E-state index contributed by atoms with van der Waals surface area (Å²) in [6, 6.07) is 4.04. The van der Waals surface area contributed by atoms with Crippen LogP contribution in [0.4, 0.5) is 4.39 Å². The number of rotatable bonds is 3. The van der Waals surface area contributed by atoms with Gasteiger partial charge in [-0.15, -0.1) is 11.3 Å². The lowest BCUT2D eigenvalue weighted by Gasteiger charge is -2.04. The summed E-state index contributed by atoms with van der Waals surface area (Å²) < 4.78 is 13.7. The fourth-order valence-electron chi connectivity index (χ4n) is 1.65. The van der Waals surface area contributed by atoms with Crippen LogP contribution in [0.3, 0.4) is 0 Å². The van der Waals surface area contributed by atoms with E-state index in [1.165, 1.54) is 23.5 Å². The van der Waals surface area contributed by atoms with Gasteiger partial charge in [-0.2, -0.15) is 0 Å². The summed E-state index contributed by atoms with van der Waals surface area (Å²) in [7, 11) is 0. The first kappa shape index (κ1) is 15.2. The summed E-state index contributed by atoms with van der Waals surface area (Å²) in [6.07, 6.45) is 0. The molecule has 0 aliphatic carbocycles. The Morgan fingerprint density at radius 3 is 2.95 bits per heavy atom. The number of aromatic nitrogens is 1. The number of carbonyl (C=O) groups is 1. The zero-order valence-corrected chi connectivity index (χ0v) is 12.1. The SMILES string of the molecule is Cc1nc(CNC(=O)c2ccc(C#CCO)c(F)c2)cs1. The molecule has 1 aromatic carbocycles. The number of hydrogen-bond acceptors (Lipinski definition) is 4. The second kappa shape index (κ2) is 6.97. The maximum absolute atomic E-state index is 13.7. The molecule has 21 heavy (non-hydrogen) atoms. The summed E-state index contributed by atoms with van der Waals surface area (Å²) in [5.74, 6) is 3.87. The normalized spacial score (nSPS) is 9.86. The number of thiazole rings is 1. The Balaban J connectivity index is 2.04. The van der Waals surface area contributed by atoms with Crippen molar-refractivity contribution in [2.24, 2.45) is 0 Å². The highest BCUT2D eigenvalue weighted by atomic mass is 32.1. The van der Waals surface area contributed by atoms with E-state index in [-0.39, 0.29) is 23.6 Å². The van der Waals surface area contributed by atoms with Gasteiger partial charge in [0.05, 0.1) is 22.8 Å². The number of halogens is 1. The van der Waals surface area contributed by atoms with Crippen molar-refractivity contribution in [3.63, 3.8) is 0 Å². The summed E-state index contributed by atoms with van der Waals surface area (Å²) in [5, 5.41) is 14.0. The second-order valence-corrected chi connectivity index (χ2v) is 5.26. The lowest BCUT2D eigenvalue weighted by Crippen LogP contribution is -2.23. The van der Waals surface area contributed by atoms with Crippen LogP contribution in [0.1, 0.15) is 26.6 Å². The molecule has 2 rings (SSSR count). The maximum atomic E-state index is 13.7. The quantitative estimate of drug-likeness (QED) is 0.851. The van der Waals surface area contributed by atoms with Crippen LogP contribution in [0.25, 0.3) is 0 Å².